The van der Waals surface area contributed by atoms with Gasteiger partial charge in [-0.3, -0.25) is 0 Å². The summed E-state index contributed by atoms with van der Waals surface area (Å²) in [5.74, 6) is 1.14. The number of nitrogens with zero attached hydrogens (tertiary/aromatic N) is 3. The van der Waals surface area contributed by atoms with Crippen LogP contribution in [0.15, 0.2) is 42.6 Å². The summed E-state index contributed by atoms with van der Waals surface area (Å²) in [7, 11) is 2.18. The monoisotopic (exact) mass is 310 g/mol. The summed E-state index contributed by atoms with van der Waals surface area (Å²) >= 11 is 0. The van der Waals surface area contributed by atoms with E-state index in [9.17, 15) is 0 Å². The highest BCUT2D eigenvalue weighted by Crippen LogP contribution is 2.18. The molecule has 1 aromatic heterocycles. The Kier molecular flexibility index (Phi) is 5.26. The van der Waals surface area contributed by atoms with Crippen LogP contribution in [-0.4, -0.2) is 43.1 Å². The highest BCUT2D eigenvalue weighted by Gasteiger charge is 2.17. The van der Waals surface area contributed by atoms with Crippen molar-refractivity contribution >= 4 is 5.82 Å². The van der Waals surface area contributed by atoms with E-state index in [1.165, 1.54) is 16.7 Å². The molecule has 23 heavy (non-hydrogen) atoms. The first kappa shape index (κ1) is 16.0. The first-order valence-electron chi connectivity index (χ1n) is 8.36. The van der Waals surface area contributed by atoms with Crippen LogP contribution in [0.4, 0.5) is 5.82 Å². The fourth-order valence-electron chi connectivity index (χ4n) is 3.03. The van der Waals surface area contributed by atoms with E-state index in [0.717, 1.165) is 45.1 Å². The number of aromatic nitrogens is 1. The Balaban J connectivity index is 1.62. The lowest BCUT2D eigenvalue weighted by molar-refractivity contribution is 0.311. The van der Waals surface area contributed by atoms with Crippen molar-refractivity contribution in [3.63, 3.8) is 0 Å². The standard InChI is InChI=1S/C19H26N4/c1-16-5-3-6-17(13-16)14-20-15-18-7-4-8-21-19(18)23-11-9-22(2)10-12-23/h3-8,13,20H,9-12,14-15H2,1-2H3. The lowest BCUT2D eigenvalue weighted by Gasteiger charge is -2.34. The topological polar surface area (TPSA) is 31.4 Å². The molecule has 1 N–H and O–H groups in total. The third-order valence-corrected chi connectivity index (χ3v) is 4.40. The van der Waals surface area contributed by atoms with Gasteiger partial charge in [0.15, 0.2) is 0 Å². The second-order valence-electron chi connectivity index (χ2n) is 6.37. The van der Waals surface area contributed by atoms with Gasteiger partial charge in [-0.1, -0.05) is 35.9 Å². The van der Waals surface area contributed by atoms with Crippen LogP contribution in [0, 0.1) is 6.92 Å². The maximum Gasteiger partial charge on any atom is 0.133 e. The van der Waals surface area contributed by atoms with Gasteiger partial charge < -0.3 is 15.1 Å². The van der Waals surface area contributed by atoms with Crippen molar-refractivity contribution in [1.29, 1.82) is 0 Å². The van der Waals surface area contributed by atoms with Gasteiger partial charge >= 0.3 is 0 Å². The van der Waals surface area contributed by atoms with Crippen LogP contribution in [0.3, 0.4) is 0 Å². The molecule has 0 aliphatic carbocycles. The summed E-state index contributed by atoms with van der Waals surface area (Å²) in [5, 5.41) is 3.56. The Morgan fingerprint density at radius 2 is 1.87 bits per heavy atom. The molecule has 4 heteroatoms. The van der Waals surface area contributed by atoms with Crippen molar-refractivity contribution < 1.29 is 0 Å². The number of rotatable bonds is 5. The largest absolute Gasteiger partial charge is 0.354 e. The summed E-state index contributed by atoms with van der Waals surface area (Å²) in [5.41, 5.74) is 3.92. The molecular formula is C19H26N4. The van der Waals surface area contributed by atoms with E-state index < -0.39 is 0 Å². The molecule has 122 valence electrons. The van der Waals surface area contributed by atoms with Crippen molar-refractivity contribution in [1.82, 2.24) is 15.2 Å². The Hall–Kier alpha value is -1.91. The number of aryl methyl sites for hydroxylation is 1. The van der Waals surface area contributed by atoms with Gasteiger partial charge in [0.2, 0.25) is 0 Å². The molecule has 0 spiro atoms. The van der Waals surface area contributed by atoms with Gasteiger partial charge in [-0.25, -0.2) is 4.98 Å². The molecular weight excluding hydrogens is 284 g/mol. The predicted octanol–water partition coefficient (Wildman–Crippen LogP) is 2.43. The van der Waals surface area contributed by atoms with Gasteiger partial charge in [0.05, 0.1) is 0 Å². The van der Waals surface area contributed by atoms with Crippen molar-refractivity contribution in [2.24, 2.45) is 0 Å². The Labute approximate surface area is 139 Å². The number of pyridine rings is 1. The van der Waals surface area contributed by atoms with E-state index in [0.29, 0.717) is 0 Å². The zero-order chi connectivity index (χ0) is 16.1. The van der Waals surface area contributed by atoms with Crippen molar-refractivity contribution in [2.75, 3.05) is 38.1 Å². The second-order valence-corrected chi connectivity index (χ2v) is 6.37. The molecule has 1 aromatic carbocycles. The van der Waals surface area contributed by atoms with E-state index in [4.69, 9.17) is 0 Å². The molecule has 1 saturated heterocycles. The van der Waals surface area contributed by atoms with Crippen LogP contribution in [0.25, 0.3) is 0 Å². The zero-order valence-corrected chi connectivity index (χ0v) is 14.1. The fourth-order valence-corrected chi connectivity index (χ4v) is 3.03. The molecule has 0 bridgehead atoms. The molecule has 4 nitrogen and oxygen atoms in total. The SMILES string of the molecule is Cc1cccc(CNCc2cccnc2N2CCN(C)CC2)c1. The predicted molar refractivity (Wildman–Crippen MR) is 95.7 cm³/mol. The smallest absolute Gasteiger partial charge is 0.133 e. The molecule has 0 radical (unpaired) electrons. The number of hydrogen-bond donors (Lipinski definition) is 1. The van der Waals surface area contributed by atoms with Crippen LogP contribution in [0.5, 0.6) is 0 Å². The van der Waals surface area contributed by atoms with Crippen LogP contribution in [-0.2, 0) is 13.1 Å². The van der Waals surface area contributed by atoms with E-state index in [1.54, 1.807) is 0 Å². The molecule has 2 heterocycles. The van der Waals surface area contributed by atoms with Gasteiger partial charge in [0.1, 0.15) is 5.82 Å². The Bertz CT molecular complexity index is 633. The summed E-state index contributed by atoms with van der Waals surface area (Å²) in [6, 6.07) is 12.9. The van der Waals surface area contributed by atoms with E-state index in [2.05, 4.69) is 64.4 Å². The van der Waals surface area contributed by atoms with E-state index in [-0.39, 0.29) is 0 Å². The van der Waals surface area contributed by atoms with Crippen molar-refractivity contribution in [3.8, 4) is 0 Å². The minimum absolute atomic E-state index is 0.851. The van der Waals surface area contributed by atoms with Crippen molar-refractivity contribution in [3.05, 3.63) is 59.3 Å². The number of hydrogen-bond acceptors (Lipinski definition) is 4. The van der Waals surface area contributed by atoms with Gasteiger partial charge in [0.25, 0.3) is 0 Å². The summed E-state index contributed by atoms with van der Waals surface area (Å²) in [6.07, 6.45) is 1.90. The van der Waals surface area contributed by atoms with Crippen LogP contribution in [0.2, 0.25) is 0 Å². The van der Waals surface area contributed by atoms with Gasteiger partial charge in [-0.05, 0) is 25.6 Å². The second kappa shape index (κ2) is 7.57. The number of nitrogens with one attached hydrogen (secondary N) is 1. The maximum atomic E-state index is 4.63. The molecule has 0 saturated carbocycles. The third kappa shape index (κ3) is 4.30. The minimum atomic E-state index is 0.851. The Morgan fingerprint density at radius 3 is 2.65 bits per heavy atom. The molecule has 0 unspecified atom stereocenters. The number of piperazine rings is 1. The molecule has 0 atom stereocenters. The first-order valence-corrected chi connectivity index (χ1v) is 8.36. The quantitative estimate of drug-likeness (QED) is 0.919. The number of benzene rings is 1. The maximum absolute atomic E-state index is 4.63. The van der Waals surface area contributed by atoms with E-state index >= 15 is 0 Å². The summed E-state index contributed by atoms with van der Waals surface area (Å²) in [6.45, 7) is 8.19. The third-order valence-electron chi connectivity index (χ3n) is 4.40. The lowest BCUT2D eigenvalue weighted by atomic mass is 10.1. The normalized spacial score (nSPS) is 15.8. The van der Waals surface area contributed by atoms with Crippen LogP contribution < -0.4 is 10.2 Å². The zero-order valence-electron chi connectivity index (χ0n) is 14.1. The highest BCUT2D eigenvalue weighted by atomic mass is 15.3. The summed E-state index contributed by atoms with van der Waals surface area (Å²) in [4.78, 5) is 9.41. The van der Waals surface area contributed by atoms with E-state index in [1.807, 2.05) is 12.3 Å². The lowest BCUT2D eigenvalue weighted by Crippen LogP contribution is -2.45. The number of anilines is 1. The minimum Gasteiger partial charge on any atom is -0.354 e. The molecule has 1 aliphatic heterocycles. The Morgan fingerprint density at radius 1 is 1.04 bits per heavy atom. The van der Waals surface area contributed by atoms with Crippen LogP contribution in [0.1, 0.15) is 16.7 Å². The van der Waals surface area contributed by atoms with Crippen LogP contribution >= 0.6 is 0 Å². The fraction of sp³-hybridized carbons (Fsp3) is 0.421. The van der Waals surface area contributed by atoms with Gasteiger partial charge in [-0.15, -0.1) is 0 Å². The molecule has 1 fully saturated rings. The molecule has 1 aliphatic rings. The molecule has 3 rings (SSSR count). The summed E-state index contributed by atoms with van der Waals surface area (Å²) < 4.78 is 0. The van der Waals surface area contributed by atoms with Crippen molar-refractivity contribution in [2.45, 2.75) is 20.0 Å². The van der Waals surface area contributed by atoms with Gasteiger partial charge in [-0.2, -0.15) is 0 Å². The first-order chi connectivity index (χ1) is 11.2. The highest BCUT2D eigenvalue weighted by molar-refractivity contribution is 5.47. The molecule has 2 aromatic rings. The van der Waals surface area contributed by atoms with Gasteiger partial charge in [0, 0.05) is 51.0 Å². The number of likely N-dealkylation sites (N-methyl/N-ethyl adjacent to an activating group) is 1. The average molecular weight is 310 g/mol. The average Bonchev–Trinajstić information content (AvgIpc) is 2.56. The molecule has 0 amide bonds.